The molecule has 0 aliphatic carbocycles. The first-order valence-electron chi connectivity index (χ1n) is 6.82. The quantitative estimate of drug-likeness (QED) is 0.789. The Balaban J connectivity index is 2.48. The number of rotatable bonds is 5. The molecule has 0 aliphatic rings. The van der Waals surface area contributed by atoms with Gasteiger partial charge < -0.3 is 16.0 Å². The van der Waals surface area contributed by atoms with Crippen LogP contribution in [-0.4, -0.2) is 43.5 Å². The predicted molar refractivity (Wildman–Crippen MR) is 82.5 cm³/mol. The van der Waals surface area contributed by atoms with E-state index in [1.807, 2.05) is 19.2 Å². The lowest BCUT2D eigenvalue weighted by Crippen LogP contribution is -2.36. The Kier molecular flexibility index (Phi) is 6.78. The highest BCUT2D eigenvalue weighted by Gasteiger charge is 2.06. The molecular weight excluding hydrogens is 250 g/mol. The Hall–Kier alpha value is -1.83. The fourth-order valence-electron chi connectivity index (χ4n) is 1.56. The second-order valence-electron chi connectivity index (χ2n) is 4.91. The molecule has 0 saturated heterocycles. The summed E-state index contributed by atoms with van der Waals surface area (Å²) in [7, 11) is 2.04. The third kappa shape index (κ3) is 5.43. The molecule has 0 aliphatic heterocycles. The van der Waals surface area contributed by atoms with E-state index in [4.69, 9.17) is 5.73 Å². The summed E-state index contributed by atoms with van der Waals surface area (Å²) < 4.78 is 0. The Bertz CT molecular complexity index is 483. The van der Waals surface area contributed by atoms with Gasteiger partial charge in [0.2, 0.25) is 0 Å². The molecule has 1 aromatic carbocycles. The van der Waals surface area contributed by atoms with Crippen molar-refractivity contribution in [1.29, 1.82) is 0 Å². The number of nitrogens with two attached hydrogens (primary N) is 1. The molecule has 0 aromatic heterocycles. The molecule has 3 N–H and O–H groups in total. The van der Waals surface area contributed by atoms with Crippen LogP contribution < -0.4 is 11.1 Å². The highest BCUT2D eigenvalue weighted by Crippen LogP contribution is 2.03. The third-order valence-corrected chi connectivity index (χ3v) is 3.11. The molecule has 0 spiro atoms. The normalized spacial score (nSPS) is 10.3. The molecule has 0 radical (unpaired) electrons. The van der Waals surface area contributed by atoms with Gasteiger partial charge in [-0.15, -0.1) is 0 Å². The minimum atomic E-state index is -0.0551. The van der Waals surface area contributed by atoms with Crippen molar-refractivity contribution in [1.82, 2.24) is 10.2 Å². The topological polar surface area (TPSA) is 58.4 Å². The second-order valence-corrected chi connectivity index (χ2v) is 4.91. The Morgan fingerprint density at radius 3 is 2.55 bits per heavy atom. The highest BCUT2D eigenvalue weighted by atomic mass is 16.1. The van der Waals surface area contributed by atoms with E-state index in [1.165, 1.54) is 0 Å². The average Bonchev–Trinajstić information content (AvgIpc) is 2.45. The smallest absolute Gasteiger partial charge is 0.251 e. The minimum Gasteiger partial charge on any atom is -0.351 e. The lowest BCUT2D eigenvalue weighted by molar-refractivity contribution is 0.0948. The molecule has 1 rings (SSSR count). The van der Waals surface area contributed by atoms with Crippen LogP contribution >= 0.6 is 0 Å². The summed E-state index contributed by atoms with van der Waals surface area (Å²) in [6.07, 6.45) is 0. The number of hydrogen-bond donors (Lipinski definition) is 2. The van der Waals surface area contributed by atoms with Gasteiger partial charge in [-0.3, -0.25) is 4.79 Å². The number of amides is 1. The monoisotopic (exact) mass is 273 g/mol. The van der Waals surface area contributed by atoms with E-state index in [9.17, 15) is 4.79 Å². The van der Waals surface area contributed by atoms with Crippen LogP contribution in [-0.2, 0) is 0 Å². The van der Waals surface area contributed by atoms with Gasteiger partial charge >= 0.3 is 0 Å². The van der Waals surface area contributed by atoms with Gasteiger partial charge in [-0.2, -0.15) is 0 Å². The molecular formula is C16H23N3O. The zero-order valence-corrected chi connectivity index (χ0v) is 12.4. The molecule has 1 amide bonds. The summed E-state index contributed by atoms with van der Waals surface area (Å²) in [6.45, 7) is 6.07. The number of likely N-dealkylation sites (N-methyl/N-ethyl adjacent to an activating group) is 1. The maximum Gasteiger partial charge on any atom is 0.251 e. The predicted octanol–water partition coefficient (Wildman–Crippen LogP) is 1.07. The van der Waals surface area contributed by atoms with E-state index in [0.29, 0.717) is 24.7 Å². The molecule has 20 heavy (non-hydrogen) atoms. The molecule has 108 valence electrons. The number of benzene rings is 1. The van der Waals surface area contributed by atoms with Crippen LogP contribution in [0, 0.1) is 11.8 Å². The molecule has 0 unspecified atom stereocenters. The van der Waals surface area contributed by atoms with Gasteiger partial charge in [-0.25, -0.2) is 0 Å². The summed E-state index contributed by atoms with van der Waals surface area (Å²) in [6, 6.07) is 7.70. The highest BCUT2D eigenvalue weighted by molar-refractivity contribution is 5.94. The summed E-state index contributed by atoms with van der Waals surface area (Å²) in [4.78, 5) is 14.1. The number of carbonyl (C=O) groups is 1. The van der Waals surface area contributed by atoms with Crippen molar-refractivity contribution in [2.45, 2.75) is 19.9 Å². The zero-order valence-electron chi connectivity index (χ0n) is 12.4. The largest absolute Gasteiger partial charge is 0.351 e. The van der Waals surface area contributed by atoms with E-state index in [0.717, 1.165) is 12.1 Å². The summed E-state index contributed by atoms with van der Waals surface area (Å²) in [5.41, 5.74) is 6.83. The standard InChI is InChI=1S/C16H23N3O/c1-13(2)19(3)12-11-18-16(20)15-8-6-14(7-9-15)5-4-10-17/h6-9,13H,10-12,17H2,1-3H3,(H,18,20). The van der Waals surface area contributed by atoms with E-state index in [2.05, 4.69) is 35.9 Å². The fourth-order valence-corrected chi connectivity index (χ4v) is 1.56. The molecule has 4 heteroatoms. The molecule has 0 heterocycles. The second kappa shape index (κ2) is 8.36. The maximum atomic E-state index is 11.9. The van der Waals surface area contributed by atoms with Gasteiger partial charge in [0.1, 0.15) is 0 Å². The van der Waals surface area contributed by atoms with Crippen molar-refractivity contribution in [3.63, 3.8) is 0 Å². The van der Waals surface area contributed by atoms with Crippen molar-refractivity contribution in [3.8, 4) is 11.8 Å². The summed E-state index contributed by atoms with van der Waals surface area (Å²) >= 11 is 0. The third-order valence-electron chi connectivity index (χ3n) is 3.11. The van der Waals surface area contributed by atoms with Gasteiger partial charge in [-0.1, -0.05) is 11.8 Å². The van der Waals surface area contributed by atoms with Gasteiger partial charge in [0.15, 0.2) is 0 Å². The minimum absolute atomic E-state index is 0.0551. The number of nitrogens with zero attached hydrogens (tertiary/aromatic N) is 1. The number of carbonyl (C=O) groups excluding carboxylic acids is 1. The van der Waals surface area contributed by atoms with Crippen LogP contribution in [0.3, 0.4) is 0 Å². The molecule has 0 saturated carbocycles. The van der Waals surface area contributed by atoms with Crippen molar-refractivity contribution in [2.75, 3.05) is 26.7 Å². The summed E-state index contributed by atoms with van der Waals surface area (Å²) in [5.74, 6) is 5.65. The van der Waals surface area contributed by atoms with Gasteiger partial charge in [0.25, 0.3) is 5.91 Å². The van der Waals surface area contributed by atoms with Gasteiger partial charge in [0.05, 0.1) is 6.54 Å². The first-order valence-corrected chi connectivity index (χ1v) is 6.82. The van der Waals surface area contributed by atoms with Crippen LogP contribution in [0.4, 0.5) is 0 Å². The first-order chi connectivity index (χ1) is 9.54. The molecule has 0 bridgehead atoms. The van der Waals surface area contributed by atoms with E-state index in [-0.39, 0.29) is 5.91 Å². The van der Waals surface area contributed by atoms with E-state index >= 15 is 0 Å². The number of nitrogens with one attached hydrogen (secondary N) is 1. The SMILES string of the molecule is CC(C)N(C)CCNC(=O)c1ccc(C#CCN)cc1. The van der Waals surface area contributed by atoms with Crippen LogP contribution in [0.5, 0.6) is 0 Å². The molecule has 1 aromatic rings. The summed E-state index contributed by atoms with van der Waals surface area (Å²) in [5, 5.41) is 2.91. The van der Waals surface area contributed by atoms with Crippen LogP contribution in [0.25, 0.3) is 0 Å². The fraction of sp³-hybridized carbons (Fsp3) is 0.438. The Labute approximate surface area is 121 Å². The van der Waals surface area contributed by atoms with Gasteiger partial charge in [0, 0.05) is 30.3 Å². The average molecular weight is 273 g/mol. The van der Waals surface area contributed by atoms with Crippen molar-refractivity contribution in [3.05, 3.63) is 35.4 Å². The van der Waals surface area contributed by atoms with Crippen molar-refractivity contribution < 1.29 is 4.79 Å². The van der Waals surface area contributed by atoms with Gasteiger partial charge in [-0.05, 0) is 45.2 Å². The number of hydrogen-bond acceptors (Lipinski definition) is 3. The van der Waals surface area contributed by atoms with Crippen LogP contribution in [0.1, 0.15) is 29.8 Å². The van der Waals surface area contributed by atoms with Crippen molar-refractivity contribution in [2.24, 2.45) is 5.73 Å². The Morgan fingerprint density at radius 1 is 1.35 bits per heavy atom. The Morgan fingerprint density at radius 2 is 2.00 bits per heavy atom. The van der Waals surface area contributed by atoms with E-state index < -0.39 is 0 Å². The molecule has 0 atom stereocenters. The molecule has 4 nitrogen and oxygen atoms in total. The first kappa shape index (κ1) is 16.2. The lowest BCUT2D eigenvalue weighted by Gasteiger charge is -2.20. The van der Waals surface area contributed by atoms with E-state index in [1.54, 1.807) is 12.1 Å². The lowest BCUT2D eigenvalue weighted by atomic mass is 10.1. The van der Waals surface area contributed by atoms with Crippen LogP contribution in [0.2, 0.25) is 0 Å². The zero-order chi connectivity index (χ0) is 15.0. The van der Waals surface area contributed by atoms with Crippen LogP contribution in [0.15, 0.2) is 24.3 Å². The van der Waals surface area contributed by atoms with Crippen molar-refractivity contribution >= 4 is 5.91 Å². The molecule has 0 fully saturated rings. The maximum absolute atomic E-state index is 11.9.